The SMILES string of the molecule is CCNC(=O)NC(CCCCC(C)C)C(C)C. The van der Waals surface area contributed by atoms with E-state index >= 15 is 0 Å². The van der Waals surface area contributed by atoms with E-state index in [0.717, 1.165) is 12.3 Å². The Morgan fingerprint density at radius 2 is 1.65 bits per heavy atom. The average Bonchev–Trinajstić information content (AvgIpc) is 2.22. The topological polar surface area (TPSA) is 41.1 Å². The van der Waals surface area contributed by atoms with Gasteiger partial charge >= 0.3 is 6.03 Å². The van der Waals surface area contributed by atoms with Crippen molar-refractivity contribution in [1.82, 2.24) is 10.6 Å². The molecule has 0 aliphatic heterocycles. The maximum absolute atomic E-state index is 11.5. The minimum Gasteiger partial charge on any atom is -0.338 e. The van der Waals surface area contributed by atoms with Crippen molar-refractivity contribution < 1.29 is 4.79 Å². The van der Waals surface area contributed by atoms with Crippen LogP contribution in [0, 0.1) is 11.8 Å². The first-order valence-electron chi connectivity index (χ1n) is 7.01. The van der Waals surface area contributed by atoms with E-state index in [-0.39, 0.29) is 6.03 Å². The van der Waals surface area contributed by atoms with Gasteiger partial charge in [-0.15, -0.1) is 0 Å². The molecule has 3 heteroatoms. The monoisotopic (exact) mass is 242 g/mol. The molecule has 102 valence electrons. The largest absolute Gasteiger partial charge is 0.338 e. The molecule has 0 bridgehead atoms. The second-order valence-corrected chi connectivity index (χ2v) is 5.53. The lowest BCUT2D eigenvalue weighted by molar-refractivity contribution is 0.231. The summed E-state index contributed by atoms with van der Waals surface area (Å²) >= 11 is 0. The van der Waals surface area contributed by atoms with Crippen LogP contribution in [0.2, 0.25) is 0 Å². The molecule has 17 heavy (non-hydrogen) atoms. The van der Waals surface area contributed by atoms with Gasteiger partial charge in [-0.1, -0.05) is 47.0 Å². The van der Waals surface area contributed by atoms with Crippen molar-refractivity contribution in [2.45, 2.75) is 66.3 Å². The Morgan fingerprint density at radius 3 is 2.12 bits per heavy atom. The number of rotatable bonds is 8. The Hall–Kier alpha value is -0.730. The van der Waals surface area contributed by atoms with Crippen LogP contribution in [0.5, 0.6) is 0 Å². The van der Waals surface area contributed by atoms with Crippen LogP contribution in [0.4, 0.5) is 4.79 Å². The summed E-state index contributed by atoms with van der Waals surface area (Å²) in [5.74, 6) is 1.28. The van der Waals surface area contributed by atoms with E-state index in [1.54, 1.807) is 0 Å². The second kappa shape index (κ2) is 9.32. The highest BCUT2D eigenvalue weighted by molar-refractivity contribution is 5.74. The van der Waals surface area contributed by atoms with Gasteiger partial charge in [0.1, 0.15) is 0 Å². The first kappa shape index (κ1) is 16.3. The summed E-state index contributed by atoms with van der Waals surface area (Å²) in [6.07, 6.45) is 4.83. The smallest absolute Gasteiger partial charge is 0.315 e. The lowest BCUT2D eigenvalue weighted by atomic mass is 9.96. The third-order valence-corrected chi connectivity index (χ3v) is 3.01. The number of amides is 2. The molecule has 0 fully saturated rings. The zero-order chi connectivity index (χ0) is 13.3. The summed E-state index contributed by atoms with van der Waals surface area (Å²) in [6.45, 7) is 11.5. The fraction of sp³-hybridized carbons (Fsp3) is 0.929. The van der Waals surface area contributed by atoms with Gasteiger partial charge in [-0.25, -0.2) is 4.79 Å². The van der Waals surface area contributed by atoms with Gasteiger partial charge in [0.25, 0.3) is 0 Å². The van der Waals surface area contributed by atoms with Gasteiger partial charge in [-0.3, -0.25) is 0 Å². The third-order valence-electron chi connectivity index (χ3n) is 3.01. The molecule has 0 saturated heterocycles. The Morgan fingerprint density at radius 1 is 1.06 bits per heavy atom. The van der Waals surface area contributed by atoms with Crippen molar-refractivity contribution in [2.24, 2.45) is 11.8 Å². The van der Waals surface area contributed by atoms with Crippen LogP contribution in [-0.4, -0.2) is 18.6 Å². The lowest BCUT2D eigenvalue weighted by Crippen LogP contribution is -2.44. The van der Waals surface area contributed by atoms with E-state index < -0.39 is 0 Å². The first-order chi connectivity index (χ1) is 7.97. The molecule has 1 unspecified atom stereocenters. The molecule has 0 aromatic rings. The van der Waals surface area contributed by atoms with E-state index in [1.807, 2.05) is 6.92 Å². The molecule has 2 amide bonds. The van der Waals surface area contributed by atoms with Crippen LogP contribution >= 0.6 is 0 Å². The van der Waals surface area contributed by atoms with Crippen molar-refractivity contribution >= 4 is 6.03 Å². The first-order valence-corrected chi connectivity index (χ1v) is 7.01. The molecule has 0 spiro atoms. The van der Waals surface area contributed by atoms with Gasteiger partial charge in [0.2, 0.25) is 0 Å². The molecular weight excluding hydrogens is 212 g/mol. The standard InChI is InChI=1S/C14H30N2O/c1-6-15-14(17)16-13(12(4)5)10-8-7-9-11(2)3/h11-13H,6-10H2,1-5H3,(H2,15,16,17). The number of hydrogen-bond acceptors (Lipinski definition) is 1. The highest BCUT2D eigenvalue weighted by Gasteiger charge is 2.15. The van der Waals surface area contributed by atoms with E-state index in [1.165, 1.54) is 19.3 Å². The maximum Gasteiger partial charge on any atom is 0.315 e. The highest BCUT2D eigenvalue weighted by atomic mass is 16.2. The molecule has 0 heterocycles. The summed E-state index contributed by atoms with van der Waals surface area (Å²) in [4.78, 5) is 11.5. The Balaban J connectivity index is 3.86. The molecule has 0 aromatic heterocycles. The van der Waals surface area contributed by atoms with Crippen molar-refractivity contribution in [3.8, 4) is 0 Å². The maximum atomic E-state index is 11.5. The van der Waals surface area contributed by atoms with Crippen molar-refractivity contribution in [2.75, 3.05) is 6.54 Å². The molecule has 0 saturated carbocycles. The molecule has 0 aliphatic carbocycles. The van der Waals surface area contributed by atoms with Gasteiger partial charge in [-0.2, -0.15) is 0 Å². The highest BCUT2D eigenvalue weighted by Crippen LogP contribution is 2.13. The zero-order valence-electron chi connectivity index (χ0n) is 12.2. The van der Waals surface area contributed by atoms with Crippen molar-refractivity contribution in [3.05, 3.63) is 0 Å². The third kappa shape index (κ3) is 9.02. The Kier molecular flexibility index (Phi) is 8.92. The summed E-state index contributed by atoms with van der Waals surface area (Å²) in [7, 11) is 0. The number of carbonyl (C=O) groups is 1. The summed E-state index contributed by atoms with van der Waals surface area (Å²) < 4.78 is 0. The average molecular weight is 242 g/mol. The van der Waals surface area contributed by atoms with Crippen LogP contribution in [-0.2, 0) is 0 Å². The molecule has 0 rings (SSSR count). The number of unbranched alkanes of at least 4 members (excludes halogenated alkanes) is 1. The van der Waals surface area contributed by atoms with E-state index in [9.17, 15) is 4.79 Å². The fourth-order valence-electron chi connectivity index (χ4n) is 1.87. The summed E-state index contributed by atoms with van der Waals surface area (Å²) in [5.41, 5.74) is 0. The van der Waals surface area contributed by atoms with Crippen molar-refractivity contribution in [1.29, 1.82) is 0 Å². The molecule has 2 N–H and O–H groups in total. The number of nitrogens with one attached hydrogen (secondary N) is 2. The van der Waals surface area contributed by atoms with E-state index in [2.05, 4.69) is 38.3 Å². The minimum atomic E-state index is -0.0324. The molecule has 0 aromatic carbocycles. The van der Waals surface area contributed by atoms with Crippen LogP contribution in [0.25, 0.3) is 0 Å². The normalized spacial score (nSPS) is 12.9. The van der Waals surface area contributed by atoms with E-state index in [0.29, 0.717) is 18.5 Å². The van der Waals surface area contributed by atoms with Gasteiger partial charge in [0, 0.05) is 12.6 Å². The molecule has 0 radical (unpaired) electrons. The molecule has 0 aliphatic rings. The molecular formula is C14H30N2O. The summed E-state index contributed by atoms with van der Waals surface area (Å²) in [5, 5.41) is 5.84. The molecule has 1 atom stereocenters. The quantitative estimate of drug-likeness (QED) is 0.628. The number of urea groups is 1. The van der Waals surface area contributed by atoms with Crippen LogP contribution < -0.4 is 10.6 Å². The van der Waals surface area contributed by atoms with Crippen LogP contribution in [0.1, 0.15) is 60.3 Å². The predicted molar refractivity (Wildman–Crippen MR) is 74.1 cm³/mol. The van der Waals surface area contributed by atoms with E-state index in [4.69, 9.17) is 0 Å². The van der Waals surface area contributed by atoms with Gasteiger partial charge < -0.3 is 10.6 Å². The number of carbonyl (C=O) groups excluding carboxylic acids is 1. The van der Waals surface area contributed by atoms with Gasteiger partial charge in [0.05, 0.1) is 0 Å². The second-order valence-electron chi connectivity index (χ2n) is 5.53. The van der Waals surface area contributed by atoms with Crippen LogP contribution in [0.15, 0.2) is 0 Å². The fourth-order valence-corrected chi connectivity index (χ4v) is 1.87. The Bertz CT molecular complexity index is 202. The van der Waals surface area contributed by atoms with Gasteiger partial charge in [0.15, 0.2) is 0 Å². The Labute approximate surface area is 107 Å². The number of hydrogen-bond donors (Lipinski definition) is 2. The summed E-state index contributed by atoms with van der Waals surface area (Å²) in [6, 6.07) is 0.267. The lowest BCUT2D eigenvalue weighted by Gasteiger charge is -2.22. The van der Waals surface area contributed by atoms with Crippen LogP contribution in [0.3, 0.4) is 0 Å². The van der Waals surface area contributed by atoms with Gasteiger partial charge in [-0.05, 0) is 25.2 Å². The minimum absolute atomic E-state index is 0.0324. The predicted octanol–water partition coefficient (Wildman–Crippen LogP) is 3.55. The zero-order valence-corrected chi connectivity index (χ0v) is 12.2. The molecule has 3 nitrogen and oxygen atoms in total. The van der Waals surface area contributed by atoms with Crippen molar-refractivity contribution in [3.63, 3.8) is 0 Å².